The van der Waals surface area contributed by atoms with E-state index < -0.39 is 10.0 Å². The first-order valence-corrected chi connectivity index (χ1v) is 8.26. The average Bonchev–Trinajstić information content (AvgIpc) is 2.37. The van der Waals surface area contributed by atoms with E-state index in [0.717, 1.165) is 12.8 Å². The van der Waals surface area contributed by atoms with E-state index >= 15 is 0 Å². The highest BCUT2D eigenvalue weighted by molar-refractivity contribution is 7.89. The molecule has 0 radical (unpaired) electrons. The van der Waals surface area contributed by atoms with Gasteiger partial charge >= 0.3 is 0 Å². The monoisotopic (exact) mass is 318 g/mol. The second-order valence-electron chi connectivity index (χ2n) is 4.64. The Hall–Kier alpha value is -1.11. The van der Waals surface area contributed by atoms with E-state index in [-0.39, 0.29) is 27.4 Å². The van der Waals surface area contributed by atoms with Crippen molar-refractivity contribution < 1.29 is 13.2 Å². The van der Waals surface area contributed by atoms with Gasteiger partial charge in [0.25, 0.3) is 5.91 Å². The zero-order valence-electron chi connectivity index (χ0n) is 11.7. The number of carbonyl (C=O) groups excluding carboxylic acids is 1. The smallest absolute Gasteiger partial charge is 0.251 e. The van der Waals surface area contributed by atoms with Gasteiger partial charge in [-0.1, -0.05) is 25.4 Å². The molecule has 0 spiro atoms. The van der Waals surface area contributed by atoms with E-state index in [1.54, 1.807) is 13.0 Å². The van der Waals surface area contributed by atoms with Crippen LogP contribution in [0.1, 0.15) is 42.6 Å². The molecule has 0 aliphatic heterocycles. The number of benzene rings is 1. The van der Waals surface area contributed by atoms with Crippen molar-refractivity contribution in [2.45, 2.75) is 44.6 Å². The number of amides is 1. The van der Waals surface area contributed by atoms with Crippen LogP contribution >= 0.6 is 11.6 Å². The summed E-state index contributed by atoms with van der Waals surface area (Å²) in [5.74, 6) is -0.330. The average molecular weight is 319 g/mol. The van der Waals surface area contributed by atoms with Gasteiger partial charge in [-0.05, 0) is 37.5 Å². The molecule has 20 heavy (non-hydrogen) atoms. The minimum Gasteiger partial charge on any atom is -0.349 e. The van der Waals surface area contributed by atoms with Crippen LogP contribution in [0.2, 0.25) is 5.02 Å². The Balaban J connectivity index is 3.21. The zero-order chi connectivity index (χ0) is 15.5. The topological polar surface area (TPSA) is 89.3 Å². The molecule has 1 amide bonds. The Labute approximate surface area is 124 Å². The maximum absolute atomic E-state index is 12.1. The molecule has 112 valence electrons. The predicted molar refractivity (Wildman–Crippen MR) is 79.4 cm³/mol. The molecule has 1 rings (SSSR count). The van der Waals surface area contributed by atoms with Crippen molar-refractivity contribution in [1.82, 2.24) is 5.32 Å². The Bertz CT molecular complexity index is 610. The molecule has 0 aromatic heterocycles. The second-order valence-corrected chi connectivity index (χ2v) is 6.54. The maximum atomic E-state index is 12.1. The van der Waals surface area contributed by atoms with Crippen LogP contribution in [0.5, 0.6) is 0 Å². The second kappa shape index (κ2) is 6.56. The Morgan fingerprint density at radius 2 is 1.90 bits per heavy atom. The number of hydrogen-bond acceptors (Lipinski definition) is 3. The van der Waals surface area contributed by atoms with E-state index in [1.807, 2.05) is 13.8 Å². The summed E-state index contributed by atoms with van der Waals surface area (Å²) < 4.78 is 23.0. The van der Waals surface area contributed by atoms with Crippen molar-refractivity contribution in [3.63, 3.8) is 0 Å². The summed E-state index contributed by atoms with van der Waals surface area (Å²) in [6, 6.07) is 2.81. The highest BCUT2D eigenvalue weighted by Crippen LogP contribution is 2.26. The van der Waals surface area contributed by atoms with E-state index in [9.17, 15) is 13.2 Å². The molecule has 0 atom stereocenters. The van der Waals surface area contributed by atoms with Crippen molar-refractivity contribution >= 4 is 27.5 Å². The van der Waals surface area contributed by atoms with Gasteiger partial charge in [0, 0.05) is 11.6 Å². The van der Waals surface area contributed by atoms with Crippen LogP contribution in [-0.2, 0) is 10.0 Å². The van der Waals surface area contributed by atoms with Crippen LogP contribution < -0.4 is 10.5 Å². The van der Waals surface area contributed by atoms with Gasteiger partial charge in [-0.25, -0.2) is 13.6 Å². The lowest BCUT2D eigenvalue weighted by atomic mass is 10.1. The number of rotatable bonds is 5. The summed E-state index contributed by atoms with van der Waals surface area (Å²) in [4.78, 5) is 11.9. The lowest BCUT2D eigenvalue weighted by Crippen LogP contribution is -2.34. The van der Waals surface area contributed by atoms with Gasteiger partial charge in [0.05, 0.1) is 5.02 Å². The molecule has 0 unspecified atom stereocenters. The molecule has 7 heteroatoms. The van der Waals surface area contributed by atoms with Gasteiger partial charge in [0.1, 0.15) is 4.90 Å². The number of nitrogens with one attached hydrogen (secondary N) is 1. The van der Waals surface area contributed by atoms with Gasteiger partial charge in [-0.2, -0.15) is 0 Å². The lowest BCUT2D eigenvalue weighted by Gasteiger charge is -2.16. The van der Waals surface area contributed by atoms with Gasteiger partial charge < -0.3 is 5.32 Å². The zero-order valence-corrected chi connectivity index (χ0v) is 13.3. The third-order valence-electron chi connectivity index (χ3n) is 3.11. The molecule has 1 aromatic carbocycles. The third-order valence-corrected chi connectivity index (χ3v) is 4.66. The van der Waals surface area contributed by atoms with E-state index in [0.29, 0.717) is 5.56 Å². The van der Waals surface area contributed by atoms with Crippen molar-refractivity contribution in [3.8, 4) is 0 Å². The fraction of sp³-hybridized carbons (Fsp3) is 0.462. The quantitative estimate of drug-likeness (QED) is 0.872. The number of sulfonamides is 1. The summed E-state index contributed by atoms with van der Waals surface area (Å²) >= 11 is 5.92. The SMILES string of the molecule is CCC(CC)NC(=O)c1cc(C)c(Cl)c(S(N)(=O)=O)c1. The number of aryl methyl sites for hydroxylation is 1. The minimum absolute atomic E-state index is 0.0478. The summed E-state index contributed by atoms with van der Waals surface area (Å²) in [5, 5.41) is 7.99. The minimum atomic E-state index is -3.96. The van der Waals surface area contributed by atoms with E-state index in [2.05, 4.69) is 5.32 Å². The van der Waals surface area contributed by atoms with E-state index in [1.165, 1.54) is 6.07 Å². The number of halogens is 1. The molecule has 0 heterocycles. The fourth-order valence-electron chi connectivity index (χ4n) is 1.84. The number of carbonyl (C=O) groups is 1. The van der Waals surface area contributed by atoms with Crippen molar-refractivity contribution in [3.05, 3.63) is 28.3 Å². The summed E-state index contributed by atoms with van der Waals surface area (Å²) in [7, 11) is -3.96. The van der Waals surface area contributed by atoms with Crippen molar-refractivity contribution in [1.29, 1.82) is 0 Å². The summed E-state index contributed by atoms with van der Waals surface area (Å²) in [5.41, 5.74) is 0.732. The third kappa shape index (κ3) is 3.94. The molecule has 0 fully saturated rings. The van der Waals surface area contributed by atoms with Crippen LogP contribution in [0.4, 0.5) is 0 Å². The van der Waals surface area contributed by atoms with Crippen LogP contribution in [0.15, 0.2) is 17.0 Å². The number of primary sulfonamides is 1. The van der Waals surface area contributed by atoms with Crippen LogP contribution in [0.25, 0.3) is 0 Å². The standard InChI is InChI=1S/C13H19ClN2O3S/c1-4-10(5-2)16-13(17)9-6-8(3)12(14)11(7-9)20(15,18)19/h6-7,10H,4-5H2,1-3H3,(H,16,17)(H2,15,18,19). The molecule has 0 aliphatic carbocycles. The molecule has 0 aliphatic rings. The van der Waals surface area contributed by atoms with Crippen molar-refractivity contribution in [2.75, 3.05) is 0 Å². The highest BCUT2D eigenvalue weighted by Gasteiger charge is 2.19. The molecule has 3 N–H and O–H groups in total. The van der Waals surface area contributed by atoms with Crippen LogP contribution in [0.3, 0.4) is 0 Å². The molecule has 0 saturated heterocycles. The molecule has 0 bridgehead atoms. The first-order chi connectivity index (χ1) is 9.20. The largest absolute Gasteiger partial charge is 0.349 e. The highest BCUT2D eigenvalue weighted by atomic mass is 35.5. The number of nitrogens with two attached hydrogens (primary N) is 1. The predicted octanol–water partition coefficient (Wildman–Crippen LogP) is 2.21. The lowest BCUT2D eigenvalue weighted by molar-refractivity contribution is 0.0934. The summed E-state index contributed by atoms with van der Waals surface area (Å²) in [6.07, 6.45) is 1.60. The van der Waals surface area contributed by atoms with Crippen LogP contribution in [0, 0.1) is 6.92 Å². The molecular formula is C13H19ClN2O3S. The Morgan fingerprint density at radius 3 is 2.35 bits per heavy atom. The Morgan fingerprint density at radius 1 is 1.35 bits per heavy atom. The normalized spacial score (nSPS) is 11.7. The number of hydrogen-bond donors (Lipinski definition) is 2. The molecule has 0 saturated carbocycles. The fourth-order valence-corrected chi connectivity index (χ4v) is 2.97. The summed E-state index contributed by atoms with van der Waals surface area (Å²) in [6.45, 7) is 5.57. The first-order valence-electron chi connectivity index (χ1n) is 6.34. The van der Waals surface area contributed by atoms with Gasteiger partial charge in [0.15, 0.2) is 0 Å². The van der Waals surface area contributed by atoms with Gasteiger partial charge in [-0.3, -0.25) is 4.79 Å². The first kappa shape index (κ1) is 16.9. The van der Waals surface area contributed by atoms with Gasteiger partial charge in [0.2, 0.25) is 10.0 Å². The molecular weight excluding hydrogens is 300 g/mol. The van der Waals surface area contributed by atoms with Crippen molar-refractivity contribution in [2.24, 2.45) is 5.14 Å². The van der Waals surface area contributed by atoms with Gasteiger partial charge in [-0.15, -0.1) is 0 Å². The van der Waals surface area contributed by atoms with Crippen LogP contribution in [-0.4, -0.2) is 20.4 Å². The molecule has 5 nitrogen and oxygen atoms in total. The Kier molecular flexibility index (Phi) is 5.56. The maximum Gasteiger partial charge on any atom is 0.251 e. The molecule has 1 aromatic rings. The van der Waals surface area contributed by atoms with E-state index in [4.69, 9.17) is 16.7 Å².